The predicted molar refractivity (Wildman–Crippen MR) is 143 cm³/mol. The zero-order valence-electron chi connectivity index (χ0n) is 19.6. The van der Waals surface area contributed by atoms with Crippen LogP contribution < -0.4 is 9.47 Å². The van der Waals surface area contributed by atoms with Crippen molar-refractivity contribution in [2.45, 2.75) is 17.6 Å². The van der Waals surface area contributed by atoms with Crippen LogP contribution in [-0.2, 0) is 5.41 Å². The molecule has 0 spiro atoms. The summed E-state index contributed by atoms with van der Waals surface area (Å²) in [6.45, 7) is 0. The Bertz CT molecular complexity index is 1890. The lowest BCUT2D eigenvalue weighted by Crippen LogP contribution is -2.51. The third-order valence-corrected chi connectivity index (χ3v) is 8.64. The number of phenolic OH excluding ortho intramolecular Hbond substituents is 2. The van der Waals surface area contributed by atoms with E-state index in [9.17, 15) is 10.2 Å². The summed E-state index contributed by atoms with van der Waals surface area (Å²) in [5.74, 6) is 1.96. The Labute approximate surface area is 211 Å². The van der Waals surface area contributed by atoms with Crippen molar-refractivity contribution in [2.75, 3.05) is 0 Å². The fourth-order valence-electron chi connectivity index (χ4n) is 7.43. The second-order valence-electron chi connectivity index (χ2n) is 10.3. The molecule has 37 heavy (non-hydrogen) atoms. The van der Waals surface area contributed by atoms with Gasteiger partial charge in [0.1, 0.15) is 23.0 Å². The molecule has 3 aliphatic rings. The minimum absolute atomic E-state index is 0.104. The molecule has 0 fully saturated rings. The molecule has 2 aliphatic heterocycles. The molecule has 4 nitrogen and oxygen atoms in total. The number of hydrogen-bond donors (Lipinski definition) is 2. The summed E-state index contributed by atoms with van der Waals surface area (Å²) in [6.07, 6.45) is -0.498. The molecule has 1 unspecified atom stereocenters. The minimum Gasteiger partial charge on any atom is -0.508 e. The van der Waals surface area contributed by atoms with Crippen LogP contribution in [0.1, 0.15) is 28.2 Å². The molecule has 2 bridgehead atoms. The zero-order valence-corrected chi connectivity index (χ0v) is 19.6. The van der Waals surface area contributed by atoms with Crippen LogP contribution in [0.5, 0.6) is 23.0 Å². The van der Waals surface area contributed by atoms with Crippen LogP contribution in [0.2, 0.25) is 0 Å². The summed E-state index contributed by atoms with van der Waals surface area (Å²) < 4.78 is 13.4. The summed E-state index contributed by atoms with van der Waals surface area (Å²) in [7, 11) is 0. The summed E-state index contributed by atoms with van der Waals surface area (Å²) in [5.41, 5.74) is 4.08. The second kappa shape index (κ2) is 6.34. The maximum atomic E-state index is 10.3. The number of aromatic hydroxyl groups is 2. The molecular weight excluding hydrogens is 460 g/mol. The summed E-state index contributed by atoms with van der Waals surface area (Å²) in [4.78, 5) is 0. The smallest absolute Gasteiger partial charge is 0.249 e. The van der Waals surface area contributed by atoms with E-state index < -0.39 is 11.7 Å². The van der Waals surface area contributed by atoms with Crippen molar-refractivity contribution < 1.29 is 19.7 Å². The molecule has 0 saturated carbocycles. The van der Waals surface area contributed by atoms with E-state index in [2.05, 4.69) is 36.4 Å². The third-order valence-electron chi connectivity index (χ3n) is 8.64. The van der Waals surface area contributed by atoms with Gasteiger partial charge in [-0.2, -0.15) is 0 Å². The maximum Gasteiger partial charge on any atom is 0.249 e. The number of benzene rings is 6. The van der Waals surface area contributed by atoms with Gasteiger partial charge in [0, 0.05) is 11.1 Å². The van der Waals surface area contributed by atoms with E-state index in [1.54, 1.807) is 12.1 Å². The standard InChI is InChI=1S/C33H20O4/c34-20-9-11-22-18(15-20)7-13-26-29(22)33-25-6-2-4-17-3-1-5-24(28(17)25)31(33)32(36-26)37-27-14-8-19-16-21(35)10-12-23(19)30(27)33/h1-16,31-32,34-35H. The van der Waals surface area contributed by atoms with Crippen molar-refractivity contribution in [1.82, 2.24) is 0 Å². The predicted octanol–water partition coefficient (Wildman–Crippen LogP) is 7.10. The van der Waals surface area contributed by atoms with E-state index in [-0.39, 0.29) is 17.4 Å². The Morgan fingerprint density at radius 3 is 1.81 bits per heavy atom. The zero-order chi connectivity index (χ0) is 24.5. The average molecular weight is 481 g/mol. The van der Waals surface area contributed by atoms with Crippen LogP contribution in [0.3, 0.4) is 0 Å². The first-order chi connectivity index (χ1) is 18.1. The lowest BCUT2D eigenvalue weighted by atomic mass is 9.59. The highest BCUT2D eigenvalue weighted by Crippen LogP contribution is 2.68. The summed E-state index contributed by atoms with van der Waals surface area (Å²) in [5, 5.41) is 27.1. The van der Waals surface area contributed by atoms with Gasteiger partial charge in [0.25, 0.3) is 0 Å². The fraction of sp³-hybridized carbons (Fsp3) is 0.0909. The van der Waals surface area contributed by atoms with Gasteiger partial charge >= 0.3 is 0 Å². The maximum absolute atomic E-state index is 10.3. The van der Waals surface area contributed by atoms with E-state index in [0.29, 0.717) is 0 Å². The molecule has 6 aromatic carbocycles. The van der Waals surface area contributed by atoms with E-state index in [4.69, 9.17) is 9.47 Å². The Morgan fingerprint density at radius 1 is 0.595 bits per heavy atom. The summed E-state index contributed by atoms with van der Waals surface area (Å²) >= 11 is 0. The highest BCUT2D eigenvalue weighted by atomic mass is 16.7. The molecule has 6 aromatic rings. The van der Waals surface area contributed by atoms with Crippen molar-refractivity contribution in [1.29, 1.82) is 0 Å². The van der Waals surface area contributed by atoms with Crippen LogP contribution in [0.4, 0.5) is 0 Å². The third kappa shape index (κ3) is 2.17. The highest BCUT2D eigenvalue weighted by Gasteiger charge is 2.63. The molecule has 1 aliphatic carbocycles. The van der Waals surface area contributed by atoms with E-state index in [1.807, 2.05) is 48.5 Å². The fourth-order valence-corrected chi connectivity index (χ4v) is 7.43. The van der Waals surface area contributed by atoms with Gasteiger partial charge in [0.15, 0.2) is 0 Å². The van der Waals surface area contributed by atoms with Gasteiger partial charge in [-0.15, -0.1) is 0 Å². The molecule has 0 saturated heterocycles. The minimum atomic E-state index is -0.581. The van der Waals surface area contributed by atoms with Crippen LogP contribution in [0.15, 0.2) is 97.1 Å². The first kappa shape index (κ1) is 19.5. The monoisotopic (exact) mass is 480 g/mol. The van der Waals surface area contributed by atoms with Crippen LogP contribution in [0.25, 0.3) is 32.3 Å². The van der Waals surface area contributed by atoms with Crippen LogP contribution >= 0.6 is 0 Å². The topological polar surface area (TPSA) is 58.9 Å². The van der Waals surface area contributed by atoms with Gasteiger partial charge in [0.05, 0.1) is 11.3 Å². The van der Waals surface area contributed by atoms with Crippen molar-refractivity contribution in [3.63, 3.8) is 0 Å². The van der Waals surface area contributed by atoms with Crippen molar-refractivity contribution in [2.24, 2.45) is 0 Å². The molecule has 9 rings (SSSR count). The Morgan fingerprint density at radius 2 is 1.19 bits per heavy atom. The molecule has 0 amide bonds. The van der Waals surface area contributed by atoms with Gasteiger partial charge < -0.3 is 19.7 Å². The second-order valence-corrected chi connectivity index (χ2v) is 10.3. The Balaban J connectivity index is 1.57. The molecular formula is C33H20O4. The van der Waals surface area contributed by atoms with Crippen molar-refractivity contribution >= 4 is 32.3 Å². The van der Waals surface area contributed by atoms with E-state index in [1.165, 1.54) is 21.9 Å². The first-order valence-electron chi connectivity index (χ1n) is 12.5. The van der Waals surface area contributed by atoms with Gasteiger partial charge in [-0.1, -0.05) is 60.7 Å². The highest BCUT2D eigenvalue weighted by molar-refractivity contribution is 6.03. The molecule has 1 atom stereocenters. The average Bonchev–Trinajstić information content (AvgIpc) is 3.22. The van der Waals surface area contributed by atoms with Gasteiger partial charge in [-0.3, -0.25) is 0 Å². The van der Waals surface area contributed by atoms with Gasteiger partial charge in [-0.05, 0) is 79.8 Å². The van der Waals surface area contributed by atoms with Gasteiger partial charge in [-0.25, -0.2) is 0 Å². The first-order valence-corrected chi connectivity index (χ1v) is 12.5. The van der Waals surface area contributed by atoms with E-state index in [0.717, 1.165) is 44.2 Å². The number of ether oxygens (including phenoxy) is 2. The van der Waals surface area contributed by atoms with Crippen molar-refractivity contribution in [3.8, 4) is 23.0 Å². The molecule has 0 aromatic heterocycles. The SMILES string of the molecule is Oc1ccc2c3c(ccc2c1)OC1Oc2ccc4cc(O)ccc4c2C32c3cccc4cccc(c34)C12. The van der Waals surface area contributed by atoms with Crippen LogP contribution in [-0.4, -0.2) is 16.5 Å². The van der Waals surface area contributed by atoms with E-state index >= 15 is 0 Å². The normalized spacial score (nSPS) is 22.3. The number of fused-ring (bicyclic) bond motifs is 6. The Kier molecular flexibility index (Phi) is 3.34. The van der Waals surface area contributed by atoms with Crippen LogP contribution in [0, 0.1) is 0 Å². The number of rotatable bonds is 0. The Hall–Kier alpha value is -4.70. The molecule has 4 heteroatoms. The molecule has 0 radical (unpaired) electrons. The van der Waals surface area contributed by atoms with Crippen molar-refractivity contribution in [3.05, 3.63) is 119 Å². The molecule has 2 N–H and O–H groups in total. The lowest BCUT2D eigenvalue weighted by Gasteiger charge is -2.51. The number of hydrogen-bond acceptors (Lipinski definition) is 4. The summed E-state index contributed by atoms with van der Waals surface area (Å²) in [6, 6.07) is 32.3. The quantitative estimate of drug-likeness (QED) is 0.243. The largest absolute Gasteiger partial charge is 0.508 e. The van der Waals surface area contributed by atoms with Gasteiger partial charge in [0.2, 0.25) is 6.29 Å². The molecule has 176 valence electrons. The number of phenols is 2. The lowest BCUT2D eigenvalue weighted by molar-refractivity contribution is -0.0539. The molecule has 2 heterocycles.